The summed E-state index contributed by atoms with van der Waals surface area (Å²) < 4.78 is 49.3. The maximum absolute atomic E-state index is 12.6. The number of benzene rings is 1. The number of aliphatic hydroxyl groups excluding tert-OH is 1. The number of hydrogen-bond acceptors (Lipinski definition) is 3. The van der Waals surface area contributed by atoms with E-state index in [0.717, 1.165) is 17.7 Å². The van der Waals surface area contributed by atoms with Gasteiger partial charge in [-0.15, -0.1) is 6.42 Å². The van der Waals surface area contributed by atoms with Crippen LogP contribution in [0.4, 0.5) is 13.2 Å². The van der Waals surface area contributed by atoms with Crippen molar-refractivity contribution in [2.45, 2.75) is 56.0 Å². The SMILES string of the molecule is C#C[C@H]1O[C@]2(CCc3ccc(C(F)(F)F)cc3)CC[C@H](O)[C@@H]1O2. The fourth-order valence-corrected chi connectivity index (χ4v) is 3.13. The summed E-state index contributed by atoms with van der Waals surface area (Å²) in [6.07, 6.45) is 1.37. The van der Waals surface area contributed by atoms with E-state index in [9.17, 15) is 18.3 Å². The first-order valence-electron chi connectivity index (χ1n) is 7.49. The van der Waals surface area contributed by atoms with Crippen molar-refractivity contribution in [3.63, 3.8) is 0 Å². The van der Waals surface area contributed by atoms with E-state index in [1.54, 1.807) is 0 Å². The Balaban J connectivity index is 1.66. The van der Waals surface area contributed by atoms with Crippen molar-refractivity contribution in [3.05, 3.63) is 35.4 Å². The third-order valence-corrected chi connectivity index (χ3v) is 4.43. The molecule has 2 bridgehead atoms. The molecule has 0 aromatic heterocycles. The molecule has 0 spiro atoms. The number of hydrogen-bond donors (Lipinski definition) is 1. The Kier molecular flexibility index (Phi) is 4.13. The summed E-state index contributed by atoms with van der Waals surface area (Å²) >= 11 is 0. The van der Waals surface area contributed by atoms with Crippen molar-refractivity contribution >= 4 is 0 Å². The van der Waals surface area contributed by atoms with Crippen LogP contribution in [0.5, 0.6) is 0 Å². The quantitative estimate of drug-likeness (QED) is 0.868. The number of rotatable bonds is 3. The monoisotopic (exact) mass is 326 g/mol. The van der Waals surface area contributed by atoms with Gasteiger partial charge in [-0.25, -0.2) is 0 Å². The highest BCUT2D eigenvalue weighted by Gasteiger charge is 2.53. The van der Waals surface area contributed by atoms with E-state index < -0.39 is 35.8 Å². The second-order valence-electron chi connectivity index (χ2n) is 6.00. The minimum absolute atomic E-state index is 0.486. The average Bonchev–Trinajstić information content (AvgIpc) is 2.84. The first kappa shape index (κ1) is 16.3. The summed E-state index contributed by atoms with van der Waals surface area (Å²) in [5.74, 6) is 1.64. The first-order chi connectivity index (χ1) is 10.8. The molecule has 2 aliphatic heterocycles. The molecule has 2 fully saturated rings. The van der Waals surface area contributed by atoms with Crippen LogP contribution in [0.25, 0.3) is 0 Å². The smallest absolute Gasteiger partial charge is 0.390 e. The molecule has 4 atom stereocenters. The van der Waals surface area contributed by atoms with Gasteiger partial charge in [0.1, 0.15) is 12.2 Å². The Morgan fingerprint density at radius 1 is 1.26 bits per heavy atom. The van der Waals surface area contributed by atoms with E-state index in [0.29, 0.717) is 25.7 Å². The molecule has 2 aliphatic rings. The van der Waals surface area contributed by atoms with Crippen molar-refractivity contribution in [2.24, 2.45) is 0 Å². The Hall–Kier alpha value is -1.55. The zero-order valence-electron chi connectivity index (χ0n) is 12.3. The van der Waals surface area contributed by atoms with Gasteiger partial charge in [-0.1, -0.05) is 18.1 Å². The highest BCUT2D eigenvalue weighted by Crippen LogP contribution is 2.42. The molecule has 1 aromatic carbocycles. The normalized spacial score (nSPS) is 33.4. The van der Waals surface area contributed by atoms with Gasteiger partial charge in [-0.2, -0.15) is 13.2 Å². The summed E-state index contributed by atoms with van der Waals surface area (Å²) in [5, 5.41) is 9.90. The average molecular weight is 326 g/mol. The first-order valence-corrected chi connectivity index (χ1v) is 7.49. The van der Waals surface area contributed by atoms with Crippen molar-refractivity contribution in [3.8, 4) is 12.3 Å². The number of fused-ring (bicyclic) bond motifs is 2. The van der Waals surface area contributed by atoms with Crippen LogP contribution in [-0.2, 0) is 22.1 Å². The fraction of sp³-hybridized carbons (Fsp3) is 0.529. The molecule has 0 amide bonds. The third-order valence-electron chi connectivity index (χ3n) is 4.43. The Labute approximate surface area is 132 Å². The summed E-state index contributed by atoms with van der Waals surface area (Å²) in [4.78, 5) is 0. The van der Waals surface area contributed by atoms with E-state index in [1.807, 2.05) is 0 Å². The molecule has 0 aliphatic carbocycles. The molecule has 0 saturated carbocycles. The van der Waals surface area contributed by atoms with Gasteiger partial charge in [0, 0.05) is 12.8 Å². The number of terminal acetylenes is 1. The highest BCUT2D eigenvalue weighted by atomic mass is 19.4. The fourth-order valence-electron chi connectivity index (χ4n) is 3.13. The van der Waals surface area contributed by atoms with Crippen LogP contribution in [0.3, 0.4) is 0 Å². The molecule has 124 valence electrons. The minimum Gasteiger partial charge on any atom is -0.390 e. The summed E-state index contributed by atoms with van der Waals surface area (Å²) in [5.41, 5.74) is 0.104. The molecular formula is C17H17F3O3. The molecule has 1 N–H and O–H groups in total. The molecule has 23 heavy (non-hydrogen) atoms. The van der Waals surface area contributed by atoms with Gasteiger partial charge in [0.25, 0.3) is 0 Å². The van der Waals surface area contributed by atoms with Gasteiger partial charge in [0.05, 0.1) is 11.7 Å². The van der Waals surface area contributed by atoms with E-state index in [2.05, 4.69) is 5.92 Å². The van der Waals surface area contributed by atoms with E-state index in [4.69, 9.17) is 15.9 Å². The predicted molar refractivity (Wildman–Crippen MR) is 76.3 cm³/mol. The van der Waals surface area contributed by atoms with Crippen molar-refractivity contribution < 1.29 is 27.8 Å². The lowest BCUT2D eigenvalue weighted by Gasteiger charge is -2.33. The van der Waals surface area contributed by atoms with E-state index >= 15 is 0 Å². The molecule has 3 nitrogen and oxygen atoms in total. The number of alkyl halides is 3. The van der Waals surface area contributed by atoms with Crippen LogP contribution in [0.1, 0.15) is 30.4 Å². The summed E-state index contributed by atoms with van der Waals surface area (Å²) in [6, 6.07) is 5.06. The second-order valence-corrected chi connectivity index (χ2v) is 6.00. The van der Waals surface area contributed by atoms with Gasteiger partial charge < -0.3 is 14.6 Å². The Morgan fingerprint density at radius 3 is 2.57 bits per heavy atom. The standard InChI is InChI=1S/C17H17F3O3/c1-2-14-15-13(21)8-10-16(22-14,23-15)9-7-11-3-5-12(6-4-11)17(18,19)20/h1,3-6,13-15,21H,7-10H2/t13-,14+,15-,16-/m0/s1. The van der Waals surface area contributed by atoms with Gasteiger partial charge in [0.2, 0.25) is 0 Å². The Bertz CT molecular complexity index is 605. The van der Waals surface area contributed by atoms with Crippen molar-refractivity contribution in [1.82, 2.24) is 0 Å². The molecule has 2 saturated heterocycles. The topological polar surface area (TPSA) is 38.7 Å². The largest absolute Gasteiger partial charge is 0.416 e. The molecular weight excluding hydrogens is 309 g/mol. The van der Waals surface area contributed by atoms with Crippen LogP contribution < -0.4 is 0 Å². The maximum atomic E-state index is 12.6. The third kappa shape index (κ3) is 3.23. The number of aliphatic hydroxyl groups is 1. The lowest BCUT2D eigenvalue weighted by molar-refractivity contribution is -0.212. The molecule has 6 heteroatoms. The molecule has 1 aromatic rings. The molecule has 3 rings (SSSR count). The van der Waals surface area contributed by atoms with Crippen molar-refractivity contribution in [2.75, 3.05) is 0 Å². The molecule has 0 unspecified atom stereocenters. The van der Waals surface area contributed by atoms with Gasteiger partial charge in [-0.3, -0.25) is 0 Å². The van der Waals surface area contributed by atoms with Crippen LogP contribution in [0.2, 0.25) is 0 Å². The number of ether oxygens (including phenoxy) is 2. The van der Waals surface area contributed by atoms with Gasteiger partial charge in [0.15, 0.2) is 5.79 Å². The summed E-state index contributed by atoms with van der Waals surface area (Å²) in [6.45, 7) is 0. The van der Waals surface area contributed by atoms with Crippen LogP contribution in [0, 0.1) is 12.3 Å². The molecule has 0 radical (unpaired) electrons. The van der Waals surface area contributed by atoms with E-state index in [-0.39, 0.29) is 0 Å². The minimum atomic E-state index is -4.33. The lowest BCUT2D eigenvalue weighted by Crippen LogP contribution is -2.41. The zero-order chi connectivity index (χ0) is 16.7. The van der Waals surface area contributed by atoms with E-state index in [1.165, 1.54) is 12.1 Å². The Morgan fingerprint density at radius 2 is 1.96 bits per heavy atom. The predicted octanol–water partition coefficient (Wildman–Crippen LogP) is 2.91. The maximum Gasteiger partial charge on any atom is 0.416 e. The number of halogens is 3. The number of aryl methyl sites for hydroxylation is 1. The van der Waals surface area contributed by atoms with Crippen LogP contribution >= 0.6 is 0 Å². The summed E-state index contributed by atoms with van der Waals surface area (Å²) in [7, 11) is 0. The van der Waals surface area contributed by atoms with Crippen LogP contribution in [0.15, 0.2) is 24.3 Å². The van der Waals surface area contributed by atoms with Gasteiger partial charge >= 0.3 is 6.18 Å². The second kappa shape index (κ2) is 5.82. The zero-order valence-corrected chi connectivity index (χ0v) is 12.3. The molecule has 2 heterocycles. The van der Waals surface area contributed by atoms with Crippen LogP contribution in [-0.4, -0.2) is 29.2 Å². The lowest BCUT2D eigenvalue weighted by atomic mass is 9.94. The van der Waals surface area contributed by atoms with Crippen molar-refractivity contribution in [1.29, 1.82) is 0 Å². The van der Waals surface area contributed by atoms with Gasteiger partial charge in [-0.05, 0) is 30.5 Å². The highest BCUT2D eigenvalue weighted by molar-refractivity contribution is 5.25.